The maximum absolute atomic E-state index is 10.2. The standard InChI is InChI=1S/C11H13BrO4/c1-15-9-3-2-8(10(12)6-9)4-5-16-7-11(13)14/h2-3,6H,4-5,7H2,1H3,(H,13,14). The van der Waals surface area contributed by atoms with Gasteiger partial charge in [-0.1, -0.05) is 22.0 Å². The van der Waals surface area contributed by atoms with Gasteiger partial charge in [0.05, 0.1) is 13.7 Å². The highest BCUT2D eigenvalue weighted by Gasteiger charge is 2.02. The molecule has 0 fully saturated rings. The lowest BCUT2D eigenvalue weighted by atomic mass is 10.1. The quantitative estimate of drug-likeness (QED) is 0.815. The van der Waals surface area contributed by atoms with Gasteiger partial charge in [0.1, 0.15) is 12.4 Å². The molecular formula is C11H13BrO4. The minimum Gasteiger partial charge on any atom is -0.497 e. The molecule has 0 aliphatic heterocycles. The maximum Gasteiger partial charge on any atom is 0.329 e. The minimum absolute atomic E-state index is 0.256. The smallest absolute Gasteiger partial charge is 0.329 e. The third-order valence-electron chi connectivity index (χ3n) is 2.00. The van der Waals surface area contributed by atoms with Crippen molar-refractivity contribution in [2.45, 2.75) is 6.42 Å². The summed E-state index contributed by atoms with van der Waals surface area (Å²) in [5.41, 5.74) is 1.06. The van der Waals surface area contributed by atoms with Crippen molar-refractivity contribution in [3.63, 3.8) is 0 Å². The van der Waals surface area contributed by atoms with E-state index in [4.69, 9.17) is 14.6 Å². The second-order valence-electron chi connectivity index (χ2n) is 3.15. The van der Waals surface area contributed by atoms with Gasteiger partial charge in [-0.05, 0) is 24.1 Å². The van der Waals surface area contributed by atoms with E-state index in [9.17, 15) is 4.79 Å². The number of ether oxygens (including phenoxy) is 2. The van der Waals surface area contributed by atoms with Gasteiger partial charge in [0.15, 0.2) is 0 Å². The van der Waals surface area contributed by atoms with Gasteiger partial charge in [0, 0.05) is 4.47 Å². The van der Waals surface area contributed by atoms with Crippen molar-refractivity contribution in [1.29, 1.82) is 0 Å². The number of hydrogen-bond acceptors (Lipinski definition) is 3. The zero-order valence-corrected chi connectivity index (χ0v) is 10.5. The monoisotopic (exact) mass is 288 g/mol. The van der Waals surface area contributed by atoms with E-state index in [2.05, 4.69) is 15.9 Å². The van der Waals surface area contributed by atoms with E-state index >= 15 is 0 Å². The van der Waals surface area contributed by atoms with E-state index in [0.717, 1.165) is 15.8 Å². The summed E-state index contributed by atoms with van der Waals surface area (Å²) in [6.45, 7) is 0.130. The fraction of sp³-hybridized carbons (Fsp3) is 0.364. The Morgan fingerprint density at radius 1 is 1.50 bits per heavy atom. The molecule has 0 atom stereocenters. The molecule has 0 heterocycles. The number of halogens is 1. The Labute approximate surface area is 102 Å². The molecule has 0 saturated carbocycles. The van der Waals surface area contributed by atoms with Crippen molar-refractivity contribution in [3.8, 4) is 5.75 Å². The summed E-state index contributed by atoms with van der Waals surface area (Å²) < 4.78 is 11.0. The normalized spacial score (nSPS) is 10.1. The molecule has 1 aromatic carbocycles. The van der Waals surface area contributed by atoms with Gasteiger partial charge < -0.3 is 14.6 Å². The summed E-state index contributed by atoms with van der Waals surface area (Å²) in [5, 5.41) is 8.38. The molecule has 0 aliphatic carbocycles. The van der Waals surface area contributed by atoms with Gasteiger partial charge in [-0.2, -0.15) is 0 Å². The summed E-state index contributed by atoms with van der Waals surface area (Å²) in [5.74, 6) is -0.170. The predicted octanol–water partition coefficient (Wildman–Crippen LogP) is 2.10. The van der Waals surface area contributed by atoms with E-state index < -0.39 is 5.97 Å². The summed E-state index contributed by atoms with van der Waals surface area (Å²) >= 11 is 3.42. The number of carboxylic acid groups (broad SMARTS) is 1. The highest BCUT2D eigenvalue weighted by Crippen LogP contribution is 2.23. The van der Waals surface area contributed by atoms with Crippen LogP contribution in [0, 0.1) is 0 Å². The first-order chi connectivity index (χ1) is 7.63. The number of aliphatic carboxylic acids is 1. The van der Waals surface area contributed by atoms with Crippen LogP contribution >= 0.6 is 15.9 Å². The van der Waals surface area contributed by atoms with Crippen LogP contribution in [0.2, 0.25) is 0 Å². The first-order valence-corrected chi connectivity index (χ1v) is 5.54. The molecule has 0 aliphatic rings. The third-order valence-corrected chi connectivity index (χ3v) is 2.74. The van der Waals surface area contributed by atoms with Crippen molar-refractivity contribution in [2.24, 2.45) is 0 Å². The van der Waals surface area contributed by atoms with Crippen LogP contribution in [0.4, 0.5) is 0 Å². The van der Waals surface area contributed by atoms with E-state index in [1.165, 1.54) is 0 Å². The lowest BCUT2D eigenvalue weighted by Gasteiger charge is -2.06. The molecule has 1 rings (SSSR count). The topological polar surface area (TPSA) is 55.8 Å². The first-order valence-electron chi connectivity index (χ1n) is 4.75. The van der Waals surface area contributed by atoms with Crippen LogP contribution in [-0.2, 0) is 16.0 Å². The van der Waals surface area contributed by atoms with Gasteiger partial charge >= 0.3 is 5.97 Å². The van der Waals surface area contributed by atoms with Gasteiger partial charge in [0.2, 0.25) is 0 Å². The Bertz CT molecular complexity index is 365. The summed E-state index contributed by atoms with van der Waals surface area (Å²) in [6.07, 6.45) is 0.665. The molecule has 1 N–H and O–H groups in total. The molecule has 0 radical (unpaired) electrons. The Morgan fingerprint density at radius 2 is 2.25 bits per heavy atom. The average Bonchev–Trinajstić information content (AvgIpc) is 2.25. The van der Waals surface area contributed by atoms with Gasteiger partial charge in [-0.25, -0.2) is 4.79 Å². The first kappa shape index (κ1) is 13.0. The highest BCUT2D eigenvalue weighted by molar-refractivity contribution is 9.10. The summed E-state index contributed by atoms with van der Waals surface area (Å²) in [6, 6.07) is 5.65. The van der Waals surface area contributed by atoms with Crippen molar-refractivity contribution in [2.75, 3.05) is 20.3 Å². The molecule has 0 saturated heterocycles. The van der Waals surface area contributed by atoms with Crippen LogP contribution < -0.4 is 4.74 Å². The van der Waals surface area contributed by atoms with Crippen molar-refractivity contribution < 1.29 is 19.4 Å². The number of carbonyl (C=O) groups is 1. The van der Waals surface area contributed by atoms with E-state index in [0.29, 0.717) is 13.0 Å². The van der Waals surface area contributed by atoms with Gasteiger partial charge in [-0.3, -0.25) is 0 Å². The molecule has 4 nitrogen and oxygen atoms in total. The SMILES string of the molecule is COc1ccc(CCOCC(=O)O)c(Br)c1. The van der Waals surface area contributed by atoms with E-state index in [-0.39, 0.29) is 6.61 Å². The zero-order chi connectivity index (χ0) is 12.0. The fourth-order valence-electron chi connectivity index (χ4n) is 1.20. The van der Waals surface area contributed by atoms with Crippen molar-refractivity contribution in [3.05, 3.63) is 28.2 Å². The lowest BCUT2D eigenvalue weighted by Crippen LogP contribution is -2.09. The van der Waals surface area contributed by atoms with Crippen LogP contribution in [0.25, 0.3) is 0 Å². The second-order valence-corrected chi connectivity index (χ2v) is 4.01. The molecule has 0 bridgehead atoms. The minimum atomic E-state index is -0.950. The number of benzene rings is 1. The predicted molar refractivity (Wildman–Crippen MR) is 62.9 cm³/mol. The summed E-state index contributed by atoms with van der Waals surface area (Å²) in [7, 11) is 1.61. The molecule has 1 aromatic rings. The lowest BCUT2D eigenvalue weighted by molar-refractivity contribution is -0.142. The van der Waals surface area contributed by atoms with E-state index in [1.807, 2.05) is 18.2 Å². The third kappa shape index (κ3) is 4.20. The molecule has 88 valence electrons. The Balaban J connectivity index is 2.45. The van der Waals surface area contributed by atoms with Crippen LogP contribution in [0.1, 0.15) is 5.56 Å². The second kappa shape index (κ2) is 6.50. The molecule has 0 aromatic heterocycles. The van der Waals surface area contributed by atoms with E-state index in [1.54, 1.807) is 7.11 Å². The molecule has 0 amide bonds. The molecular weight excluding hydrogens is 276 g/mol. The van der Waals surface area contributed by atoms with Gasteiger partial charge in [0.25, 0.3) is 0 Å². The fourth-order valence-corrected chi connectivity index (χ4v) is 1.76. The molecule has 5 heteroatoms. The highest BCUT2D eigenvalue weighted by atomic mass is 79.9. The van der Waals surface area contributed by atoms with Crippen LogP contribution in [-0.4, -0.2) is 31.4 Å². The number of hydrogen-bond donors (Lipinski definition) is 1. The Morgan fingerprint density at radius 3 is 2.81 bits per heavy atom. The zero-order valence-electron chi connectivity index (χ0n) is 8.90. The molecule has 0 unspecified atom stereocenters. The van der Waals surface area contributed by atoms with Crippen molar-refractivity contribution >= 4 is 21.9 Å². The molecule has 0 spiro atoms. The van der Waals surface area contributed by atoms with Crippen molar-refractivity contribution in [1.82, 2.24) is 0 Å². The van der Waals surface area contributed by atoms with Crippen LogP contribution in [0.3, 0.4) is 0 Å². The number of carboxylic acids is 1. The summed E-state index contributed by atoms with van der Waals surface area (Å²) in [4.78, 5) is 10.2. The number of methoxy groups -OCH3 is 1. The Kier molecular flexibility index (Phi) is 5.28. The van der Waals surface area contributed by atoms with Gasteiger partial charge in [-0.15, -0.1) is 0 Å². The average molecular weight is 289 g/mol. The van der Waals surface area contributed by atoms with Crippen LogP contribution in [0.5, 0.6) is 5.75 Å². The Hall–Kier alpha value is -1.07. The molecule has 16 heavy (non-hydrogen) atoms. The maximum atomic E-state index is 10.2. The van der Waals surface area contributed by atoms with Crippen LogP contribution in [0.15, 0.2) is 22.7 Å². The largest absolute Gasteiger partial charge is 0.497 e. The number of rotatable bonds is 6.